The van der Waals surface area contributed by atoms with E-state index in [0.717, 1.165) is 44.5 Å². The lowest BCUT2D eigenvalue weighted by Crippen LogP contribution is -2.52. The van der Waals surface area contributed by atoms with Gasteiger partial charge in [0.25, 0.3) is 5.91 Å². The van der Waals surface area contributed by atoms with Crippen molar-refractivity contribution in [2.45, 2.75) is 45.4 Å². The highest BCUT2D eigenvalue weighted by molar-refractivity contribution is 5.94. The Balaban J connectivity index is 1.59. The first kappa shape index (κ1) is 19.9. The van der Waals surface area contributed by atoms with Crippen molar-refractivity contribution in [3.63, 3.8) is 0 Å². The molecule has 2 aliphatic heterocycles. The molecular formula is C22H32N2O3. The van der Waals surface area contributed by atoms with E-state index in [0.29, 0.717) is 25.5 Å². The number of carbonyl (C=O) groups excluding carboxylic acids is 2. The maximum absolute atomic E-state index is 12.9. The number of carbonyl (C=O) groups is 2. The molecule has 5 heteroatoms. The lowest BCUT2D eigenvalue weighted by molar-refractivity contribution is -0.139. The number of amides is 2. The first-order chi connectivity index (χ1) is 12.9. The Morgan fingerprint density at radius 2 is 1.81 bits per heavy atom. The van der Waals surface area contributed by atoms with Gasteiger partial charge in [0.05, 0.1) is 6.61 Å². The fraction of sp³-hybridized carbons (Fsp3) is 0.636. The van der Waals surface area contributed by atoms with Crippen molar-refractivity contribution in [3.05, 3.63) is 35.4 Å². The Hall–Kier alpha value is -1.88. The van der Waals surface area contributed by atoms with Crippen LogP contribution in [0.4, 0.5) is 0 Å². The number of methoxy groups -OCH3 is 1. The van der Waals surface area contributed by atoms with Gasteiger partial charge in [-0.3, -0.25) is 9.59 Å². The Morgan fingerprint density at radius 3 is 2.41 bits per heavy atom. The summed E-state index contributed by atoms with van der Waals surface area (Å²) in [5, 5.41) is 0. The van der Waals surface area contributed by atoms with Crippen molar-refractivity contribution in [1.82, 2.24) is 9.80 Å². The molecule has 0 radical (unpaired) electrons. The van der Waals surface area contributed by atoms with E-state index in [1.54, 1.807) is 7.11 Å². The molecule has 2 aliphatic rings. The number of ether oxygens (including phenoxy) is 1. The van der Waals surface area contributed by atoms with E-state index in [2.05, 4.69) is 26.0 Å². The summed E-state index contributed by atoms with van der Waals surface area (Å²) in [6, 6.07) is 8.02. The largest absolute Gasteiger partial charge is 0.383 e. The second-order valence-corrected chi connectivity index (χ2v) is 8.38. The molecule has 3 rings (SSSR count). The molecule has 2 amide bonds. The van der Waals surface area contributed by atoms with Crippen LogP contribution in [0.25, 0.3) is 0 Å². The zero-order valence-corrected chi connectivity index (χ0v) is 16.9. The van der Waals surface area contributed by atoms with Gasteiger partial charge in [0.1, 0.15) is 0 Å². The van der Waals surface area contributed by atoms with Crippen LogP contribution in [0.1, 0.15) is 61.4 Å². The van der Waals surface area contributed by atoms with Gasteiger partial charge < -0.3 is 14.5 Å². The van der Waals surface area contributed by atoms with Crippen molar-refractivity contribution >= 4 is 11.8 Å². The Morgan fingerprint density at radius 1 is 1.15 bits per heavy atom. The van der Waals surface area contributed by atoms with Crippen LogP contribution in [-0.2, 0) is 9.53 Å². The molecule has 0 aromatic heterocycles. The third-order valence-corrected chi connectivity index (χ3v) is 6.25. The second kappa shape index (κ2) is 8.42. The van der Waals surface area contributed by atoms with Crippen molar-refractivity contribution in [3.8, 4) is 0 Å². The SMILES string of the molecule is COCCN1CC2(CCC1=O)CCN(C(=O)c1ccc(C(C)C)cc1)CC2. The number of hydrogen-bond acceptors (Lipinski definition) is 3. The predicted octanol–water partition coefficient (Wildman–Crippen LogP) is 3.30. The molecule has 0 unspecified atom stereocenters. The molecule has 0 N–H and O–H groups in total. The van der Waals surface area contributed by atoms with Crippen LogP contribution < -0.4 is 0 Å². The fourth-order valence-corrected chi connectivity index (χ4v) is 4.29. The summed E-state index contributed by atoms with van der Waals surface area (Å²) < 4.78 is 5.14. The van der Waals surface area contributed by atoms with Crippen LogP contribution in [-0.4, -0.2) is 61.5 Å². The molecule has 148 valence electrons. The van der Waals surface area contributed by atoms with E-state index < -0.39 is 0 Å². The van der Waals surface area contributed by atoms with E-state index in [1.807, 2.05) is 21.9 Å². The van der Waals surface area contributed by atoms with Gasteiger partial charge in [0.15, 0.2) is 0 Å². The van der Waals surface area contributed by atoms with Crippen molar-refractivity contribution < 1.29 is 14.3 Å². The Labute approximate surface area is 162 Å². The third kappa shape index (κ3) is 4.52. The minimum Gasteiger partial charge on any atom is -0.383 e. The first-order valence-corrected chi connectivity index (χ1v) is 10.1. The van der Waals surface area contributed by atoms with Gasteiger partial charge in [0, 0.05) is 45.3 Å². The molecule has 0 bridgehead atoms. The standard InChI is InChI=1S/C22H32N2O3/c1-17(2)18-4-6-19(7-5-18)21(26)23-12-10-22(11-13-23)9-8-20(25)24(16-22)14-15-27-3/h4-7,17H,8-16H2,1-3H3. The molecule has 5 nitrogen and oxygen atoms in total. The highest BCUT2D eigenvalue weighted by atomic mass is 16.5. The van der Waals surface area contributed by atoms with Gasteiger partial charge in [-0.1, -0.05) is 26.0 Å². The smallest absolute Gasteiger partial charge is 0.253 e. The minimum absolute atomic E-state index is 0.128. The first-order valence-electron chi connectivity index (χ1n) is 10.1. The topological polar surface area (TPSA) is 49.9 Å². The highest BCUT2D eigenvalue weighted by Crippen LogP contribution is 2.40. The molecule has 2 fully saturated rings. The van der Waals surface area contributed by atoms with Gasteiger partial charge in [-0.05, 0) is 48.3 Å². The summed E-state index contributed by atoms with van der Waals surface area (Å²) in [7, 11) is 1.67. The highest BCUT2D eigenvalue weighted by Gasteiger charge is 2.41. The van der Waals surface area contributed by atoms with Gasteiger partial charge in [-0.25, -0.2) is 0 Å². The molecule has 1 spiro atoms. The number of nitrogens with zero attached hydrogens (tertiary/aromatic N) is 2. The molecule has 0 atom stereocenters. The van der Waals surface area contributed by atoms with E-state index >= 15 is 0 Å². The van der Waals surface area contributed by atoms with Crippen molar-refractivity contribution in [2.24, 2.45) is 5.41 Å². The van der Waals surface area contributed by atoms with Crippen LogP contribution in [0.2, 0.25) is 0 Å². The van der Waals surface area contributed by atoms with Crippen molar-refractivity contribution in [2.75, 3.05) is 39.9 Å². The zero-order valence-electron chi connectivity index (χ0n) is 16.9. The van der Waals surface area contributed by atoms with Crippen LogP contribution in [0.3, 0.4) is 0 Å². The van der Waals surface area contributed by atoms with Crippen LogP contribution in [0, 0.1) is 5.41 Å². The third-order valence-electron chi connectivity index (χ3n) is 6.25. The van der Waals surface area contributed by atoms with Crippen LogP contribution in [0.5, 0.6) is 0 Å². The number of rotatable bonds is 5. The number of piperidine rings is 2. The zero-order chi connectivity index (χ0) is 19.4. The quantitative estimate of drug-likeness (QED) is 0.797. The van der Waals surface area contributed by atoms with E-state index in [9.17, 15) is 9.59 Å². The summed E-state index contributed by atoms with van der Waals surface area (Å²) in [6.07, 6.45) is 3.51. The molecule has 0 aliphatic carbocycles. The maximum atomic E-state index is 12.9. The van der Waals surface area contributed by atoms with E-state index in [1.165, 1.54) is 5.56 Å². The number of hydrogen-bond donors (Lipinski definition) is 0. The van der Waals surface area contributed by atoms with Crippen LogP contribution >= 0.6 is 0 Å². The van der Waals surface area contributed by atoms with Crippen LogP contribution in [0.15, 0.2) is 24.3 Å². The van der Waals surface area contributed by atoms with Crippen molar-refractivity contribution in [1.29, 1.82) is 0 Å². The average molecular weight is 373 g/mol. The monoisotopic (exact) mass is 372 g/mol. The Bertz CT molecular complexity index is 661. The van der Waals surface area contributed by atoms with Gasteiger partial charge in [-0.2, -0.15) is 0 Å². The molecular weight excluding hydrogens is 340 g/mol. The molecule has 2 saturated heterocycles. The maximum Gasteiger partial charge on any atom is 0.253 e. The Kier molecular flexibility index (Phi) is 6.20. The lowest BCUT2D eigenvalue weighted by Gasteiger charge is -2.47. The minimum atomic E-state index is 0.128. The summed E-state index contributed by atoms with van der Waals surface area (Å²) in [6.45, 7) is 7.92. The van der Waals surface area contributed by atoms with Gasteiger partial charge in [-0.15, -0.1) is 0 Å². The molecule has 27 heavy (non-hydrogen) atoms. The predicted molar refractivity (Wildman–Crippen MR) is 106 cm³/mol. The van der Waals surface area contributed by atoms with Gasteiger partial charge in [0.2, 0.25) is 5.91 Å². The van der Waals surface area contributed by atoms with E-state index in [-0.39, 0.29) is 17.2 Å². The summed E-state index contributed by atoms with van der Waals surface area (Å²) >= 11 is 0. The number of benzene rings is 1. The summed E-state index contributed by atoms with van der Waals surface area (Å²) in [5.74, 6) is 0.837. The van der Waals surface area contributed by atoms with Gasteiger partial charge >= 0.3 is 0 Å². The fourth-order valence-electron chi connectivity index (χ4n) is 4.29. The molecule has 2 heterocycles. The normalized spacial score (nSPS) is 19.8. The molecule has 1 aromatic carbocycles. The molecule has 0 saturated carbocycles. The van der Waals surface area contributed by atoms with E-state index in [4.69, 9.17) is 4.74 Å². The summed E-state index contributed by atoms with van der Waals surface area (Å²) in [4.78, 5) is 29.0. The lowest BCUT2D eigenvalue weighted by atomic mass is 9.72. The number of likely N-dealkylation sites (tertiary alicyclic amines) is 2. The average Bonchev–Trinajstić information content (AvgIpc) is 2.69. The summed E-state index contributed by atoms with van der Waals surface area (Å²) in [5.41, 5.74) is 2.20. The molecule has 1 aromatic rings. The second-order valence-electron chi connectivity index (χ2n) is 8.38.